The number of fused-ring (bicyclic) bond motifs is 1. The third kappa shape index (κ3) is 5.79. The molecule has 5 rings (SSSR count). The lowest BCUT2D eigenvalue weighted by atomic mass is 10.0. The van der Waals surface area contributed by atoms with Gasteiger partial charge in [-0.1, -0.05) is 43.7 Å². The largest absolute Gasteiger partial charge is 0.365 e. The van der Waals surface area contributed by atoms with E-state index in [0.717, 1.165) is 49.2 Å². The molecule has 0 aliphatic carbocycles. The normalized spacial score (nSPS) is 18.4. The first kappa shape index (κ1) is 27.5. The van der Waals surface area contributed by atoms with Gasteiger partial charge < -0.3 is 11.1 Å². The molecule has 1 fully saturated rings. The number of primary amides is 1. The van der Waals surface area contributed by atoms with Crippen LogP contribution in [-0.2, 0) is 29.5 Å². The molecule has 0 radical (unpaired) electrons. The van der Waals surface area contributed by atoms with Gasteiger partial charge in [0.2, 0.25) is 10.0 Å². The van der Waals surface area contributed by atoms with Gasteiger partial charge in [-0.25, -0.2) is 8.42 Å². The van der Waals surface area contributed by atoms with Crippen LogP contribution in [0.5, 0.6) is 0 Å². The van der Waals surface area contributed by atoms with E-state index in [-0.39, 0.29) is 10.9 Å². The second kappa shape index (κ2) is 11.6. The number of benzene rings is 2. The SMILES string of the molecule is CCC1CCCCN1S(=O)(=O)c1ccc(C(=O)Nc2sc3c(c2C(N)=O)CCN(Cc2ccccc2)C3)cc1. The van der Waals surface area contributed by atoms with Crippen LogP contribution >= 0.6 is 11.3 Å². The Kier molecular flexibility index (Phi) is 8.18. The summed E-state index contributed by atoms with van der Waals surface area (Å²) in [6, 6.07) is 16.2. The summed E-state index contributed by atoms with van der Waals surface area (Å²) in [6.45, 7) is 4.79. The van der Waals surface area contributed by atoms with Gasteiger partial charge in [-0.2, -0.15) is 4.31 Å². The smallest absolute Gasteiger partial charge is 0.256 e. The van der Waals surface area contributed by atoms with E-state index in [9.17, 15) is 18.0 Å². The van der Waals surface area contributed by atoms with E-state index in [1.165, 1.54) is 41.2 Å². The van der Waals surface area contributed by atoms with Gasteiger partial charge in [0.15, 0.2) is 0 Å². The van der Waals surface area contributed by atoms with Crippen LogP contribution in [0.25, 0.3) is 0 Å². The molecule has 10 heteroatoms. The fraction of sp³-hybridized carbons (Fsp3) is 0.379. The topological polar surface area (TPSA) is 113 Å². The van der Waals surface area contributed by atoms with Crippen molar-refractivity contribution < 1.29 is 18.0 Å². The summed E-state index contributed by atoms with van der Waals surface area (Å²) in [6.07, 6.45) is 4.21. The summed E-state index contributed by atoms with van der Waals surface area (Å²) in [4.78, 5) is 29.1. The van der Waals surface area contributed by atoms with Crippen LogP contribution in [0.4, 0.5) is 5.00 Å². The Bertz CT molecular complexity index is 1450. The third-order valence-electron chi connectivity index (χ3n) is 7.63. The van der Waals surface area contributed by atoms with Gasteiger partial charge in [-0.15, -0.1) is 11.3 Å². The molecular weight excluding hydrogens is 532 g/mol. The maximum absolute atomic E-state index is 13.3. The minimum absolute atomic E-state index is 0.00687. The highest BCUT2D eigenvalue weighted by Gasteiger charge is 2.33. The molecule has 206 valence electrons. The fourth-order valence-corrected chi connectivity index (χ4v) is 8.63. The molecule has 2 aromatic carbocycles. The number of carbonyl (C=O) groups is 2. The molecule has 2 aliphatic heterocycles. The molecule has 2 amide bonds. The molecule has 3 N–H and O–H groups in total. The average Bonchev–Trinajstić information content (AvgIpc) is 3.30. The summed E-state index contributed by atoms with van der Waals surface area (Å²) < 4.78 is 28.1. The number of anilines is 1. The molecular formula is C29H34N4O4S2. The van der Waals surface area contributed by atoms with Crippen molar-refractivity contribution in [1.82, 2.24) is 9.21 Å². The Morgan fingerprint density at radius 1 is 1.05 bits per heavy atom. The van der Waals surface area contributed by atoms with E-state index in [2.05, 4.69) is 22.3 Å². The molecule has 2 aliphatic rings. The highest BCUT2D eigenvalue weighted by atomic mass is 32.2. The van der Waals surface area contributed by atoms with Gasteiger partial charge in [0, 0.05) is 42.7 Å². The fourth-order valence-electron chi connectivity index (χ4n) is 5.57. The molecule has 8 nitrogen and oxygen atoms in total. The summed E-state index contributed by atoms with van der Waals surface area (Å²) in [5.41, 5.74) is 8.56. The molecule has 1 unspecified atom stereocenters. The minimum atomic E-state index is -3.63. The second-order valence-electron chi connectivity index (χ2n) is 10.2. The number of hydrogen-bond donors (Lipinski definition) is 2. The molecule has 3 aromatic rings. The number of rotatable bonds is 8. The third-order valence-corrected chi connectivity index (χ3v) is 10.7. The van der Waals surface area contributed by atoms with Gasteiger partial charge >= 0.3 is 0 Å². The van der Waals surface area contributed by atoms with E-state index in [1.807, 2.05) is 25.1 Å². The monoisotopic (exact) mass is 566 g/mol. The van der Waals surface area contributed by atoms with Gasteiger partial charge in [-0.05, 0) is 61.1 Å². The van der Waals surface area contributed by atoms with E-state index in [1.54, 1.807) is 4.31 Å². The number of sulfonamides is 1. The number of nitrogens with two attached hydrogens (primary N) is 1. The van der Waals surface area contributed by atoms with Crippen molar-refractivity contribution in [3.63, 3.8) is 0 Å². The maximum atomic E-state index is 13.3. The van der Waals surface area contributed by atoms with E-state index in [4.69, 9.17) is 5.73 Å². The van der Waals surface area contributed by atoms with Crippen LogP contribution in [0.15, 0.2) is 59.5 Å². The molecule has 1 atom stereocenters. The number of piperidine rings is 1. The van der Waals surface area contributed by atoms with Crippen LogP contribution in [0, 0.1) is 0 Å². The predicted octanol–water partition coefficient (Wildman–Crippen LogP) is 4.61. The Morgan fingerprint density at radius 3 is 2.49 bits per heavy atom. The lowest BCUT2D eigenvalue weighted by Crippen LogP contribution is -2.43. The summed E-state index contributed by atoms with van der Waals surface area (Å²) >= 11 is 1.38. The van der Waals surface area contributed by atoms with Crippen LogP contribution in [-0.4, -0.2) is 48.6 Å². The Balaban J connectivity index is 1.32. The van der Waals surface area contributed by atoms with E-state index in [0.29, 0.717) is 35.6 Å². The van der Waals surface area contributed by atoms with E-state index >= 15 is 0 Å². The minimum Gasteiger partial charge on any atom is -0.365 e. The van der Waals surface area contributed by atoms with Crippen LogP contribution in [0.3, 0.4) is 0 Å². The maximum Gasteiger partial charge on any atom is 0.256 e. The molecule has 0 spiro atoms. The molecule has 39 heavy (non-hydrogen) atoms. The van der Waals surface area contributed by atoms with Gasteiger partial charge in [0.05, 0.1) is 10.5 Å². The lowest BCUT2D eigenvalue weighted by Gasteiger charge is -2.34. The first-order chi connectivity index (χ1) is 18.8. The zero-order valence-corrected chi connectivity index (χ0v) is 23.7. The van der Waals surface area contributed by atoms with Crippen LogP contribution < -0.4 is 11.1 Å². The Morgan fingerprint density at radius 2 is 1.79 bits per heavy atom. The Hall–Kier alpha value is -3.05. The molecule has 0 bridgehead atoms. The van der Waals surface area contributed by atoms with Crippen molar-refractivity contribution in [2.24, 2.45) is 5.73 Å². The van der Waals surface area contributed by atoms with Crippen molar-refractivity contribution in [2.75, 3.05) is 18.4 Å². The number of thiophene rings is 1. The van der Waals surface area contributed by atoms with Crippen molar-refractivity contribution in [2.45, 2.75) is 63.1 Å². The van der Waals surface area contributed by atoms with Gasteiger partial charge in [-0.3, -0.25) is 14.5 Å². The molecule has 1 aromatic heterocycles. The number of amides is 2. The highest BCUT2D eigenvalue weighted by molar-refractivity contribution is 7.89. The number of nitrogens with zero attached hydrogens (tertiary/aromatic N) is 2. The quantitative estimate of drug-likeness (QED) is 0.414. The summed E-state index contributed by atoms with van der Waals surface area (Å²) in [7, 11) is -3.63. The van der Waals surface area contributed by atoms with Crippen molar-refractivity contribution in [3.8, 4) is 0 Å². The first-order valence-corrected chi connectivity index (χ1v) is 15.7. The van der Waals surface area contributed by atoms with Crippen molar-refractivity contribution in [1.29, 1.82) is 0 Å². The standard InChI is InChI=1S/C29H34N4O4S2/c1-2-22-10-6-7-16-33(22)39(36,37)23-13-11-21(12-14-23)28(35)31-29-26(27(30)34)24-15-17-32(19-25(24)38-29)18-20-8-4-3-5-9-20/h3-5,8-9,11-14,22H,2,6-7,10,15-19H2,1H3,(H2,30,34)(H,31,35). The first-order valence-electron chi connectivity index (χ1n) is 13.4. The molecule has 0 saturated carbocycles. The lowest BCUT2D eigenvalue weighted by molar-refractivity contribution is 0.0999. The second-order valence-corrected chi connectivity index (χ2v) is 13.2. The number of carbonyl (C=O) groups excluding carboxylic acids is 2. The summed E-state index contributed by atoms with van der Waals surface area (Å²) in [5, 5.41) is 3.31. The zero-order valence-electron chi connectivity index (χ0n) is 22.1. The van der Waals surface area contributed by atoms with Crippen molar-refractivity contribution in [3.05, 3.63) is 81.7 Å². The van der Waals surface area contributed by atoms with E-state index < -0.39 is 21.8 Å². The zero-order chi connectivity index (χ0) is 27.6. The predicted molar refractivity (Wildman–Crippen MR) is 153 cm³/mol. The van der Waals surface area contributed by atoms with Gasteiger partial charge in [0.1, 0.15) is 5.00 Å². The number of nitrogens with one attached hydrogen (secondary N) is 1. The highest BCUT2D eigenvalue weighted by Crippen LogP contribution is 2.37. The number of hydrogen-bond acceptors (Lipinski definition) is 6. The average molecular weight is 567 g/mol. The molecule has 3 heterocycles. The van der Waals surface area contributed by atoms with Gasteiger partial charge in [0.25, 0.3) is 11.8 Å². The van der Waals surface area contributed by atoms with Crippen molar-refractivity contribution >= 4 is 38.2 Å². The summed E-state index contributed by atoms with van der Waals surface area (Å²) in [5.74, 6) is -0.974. The van der Waals surface area contributed by atoms with Crippen LogP contribution in [0.1, 0.15) is 69.3 Å². The van der Waals surface area contributed by atoms with Crippen LogP contribution in [0.2, 0.25) is 0 Å². The molecule has 1 saturated heterocycles. The Labute approximate surface area is 233 Å².